The first kappa shape index (κ1) is 18.5. The number of aromatic nitrogens is 1. The van der Waals surface area contributed by atoms with Gasteiger partial charge in [0.15, 0.2) is 5.13 Å². The molecule has 0 radical (unpaired) electrons. The van der Waals surface area contributed by atoms with Crippen LogP contribution < -0.4 is 9.64 Å². The zero-order chi connectivity index (χ0) is 18.7. The third-order valence-electron chi connectivity index (χ3n) is 4.08. The first-order valence-corrected chi connectivity index (χ1v) is 9.57. The summed E-state index contributed by atoms with van der Waals surface area (Å²) in [6.07, 6.45) is -0.244. The molecule has 2 heterocycles. The fourth-order valence-electron chi connectivity index (χ4n) is 2.80. The molecule has 1 aromatic heterocycles. The number of hydrogen-bond donors (Lipinski definition) is 0. The van der Waals surface area contributed by atoms with Crippen LogP contribution >= 0.6 is 11.3 Å². The summed E-state index contributed by atoms with van der Waals surface area (Å²) >= 11 is 1.61. The number of piperazine rings is 1. The van der Waals surface area contributed by atoms with Crippen LogP contribution in [0.4, 0.5) is 9.93 Å². The van der Waals surface area contributed by atoms with E-state index in [-0.39, 0.29) is 6.09 Å². The third kappa shape index (κ3) is 4.27. The van der Waals surface area contributed by atoms with Gasteiger partial charge in [-0.1, -0.05) is 12.1 Å². The van der Waals surface area contributed by atoms with Crippen molar-refractivity contribution in [3.8, 4) is 17.0 Å². The maximum Gasteiger partial charge on any atom is 0.410 e. The lowest BCUT2D eigenvalue weighted by Crippen LogP contribution is -2.50. The van der Waals surface area contributed by atoms with Crippen molar-refractivity contribution in [2.45, 2.75) is 26.4 Å². The van der Waals surface area contributed by atoms with E-state index >= 15 is 0 Å². The number of rotatable bonds is 3. The molecule has 140 valence electrons. The Hall–Kier alpha value is -2.28. The average Bonchev–Trinajstić information content (AvgIpc) is 3.10. The molecule has 2 aromatic rings. The molecule has 0 N–H and O–H groups in total. The van der Waals surface area contributed by atoms with Crippen molar-refractivity contribution >= 4 is 22.6 Å². The molecule has 0 saturated carbocycles. The molecule has 1 saturated heterocycles. The summed E-state index contributed by atoms with van der Waals surface area (Å²) in [5.41, 5.74) is 1.44. The second-order valence-electron chi connectivity index (χ2n) is 7.17. The summed E-state index contributed by atoms with van der Waals surface area (Å²) in [6.45, 7) is 8.43. The SMILES string of the molecule is COc1ccccc1-c1csc(N2CCN(C(=O)OC(C)(C)C)CC2)n1. The van der Waals surface area contributed by atoms with Crippen LogP contribution in [-0.2, 0) is 4.74 Å². The Labute approximate surface area is 158 Å². The second kappa shape index (κ2) is 7.53. The summed E-state index contributed by atoms with van der Waals surface area (Å²) in [5.74, 6) is 0.819. The molecule has 6 nitrogen and oxygen atoms in total. The Morgan fingerprint density at radius 2 is 1.85 bits per heavy atom. The van der Waals surface area contributed by atoms with Gasteiger partial charge in [-0.05, 0) is 32.9 Å². The second-order valence-corrected chi connectivity index (χ2v) is 8.01. The molecule has 1 aromatic carbocycles. The Balaban J connectivity index is 1.64. The van der Waals surface area contributed by atoms with Gasteiger partial charge in [-0.3, -0.25) is 0 Å². The van der Waals surface area contributed by atoms with E-state index in [1.165, 1.54) is 0 Å². The van der Waals surface area contributed by atoms with Crippen molar-refractivity contribution in [1.82, 2.24) is 9.88 Å². The maximum absolute atomic E-state index is 12.2. The molecule has 0 atom stereocenters. The van der Waals surface area contributed by atoms with Crippen LogP contribution in [0.1, 0.15) is 20.8 Å². The molecule has 0 unspecified atom stereocenters. The number of benzene rings is 1. The molecule has 1 aliphatic rings. The molecule has 1 fully saturated rings. The van der Waals surface area contributed by atoms with Gasteiger partial charge in [0.1, 0.15) is 11.4 Å². The number of hydrogen-bond acceptors (Lipinski definition) is 6. The molecular weight excluding hydrogens is 350 g/mol. The fourth-order valence-corrected chi connectivity index (χ4v) is 3.68. The molecule has 0 spiro atoms. The van der Waals surface area contributed by atoms with Gasteiger partial charge in [-0.25, -0.2) is 9.78 Å². The van der Waals surface area contributed by atoms with Gasteiger partial charge in [-0.15, -0.1) is 11.3 Å². The molecule has 3 rings (SSSR count). The number of carbonyl (C=O) groups is 1. The summed E-state index contributed by atoms with van der Waals surface area (Å²) in [6, 6.07) is 7.88. The van der Waals surface area contributed by atoms with Crippen molar-refractivity contribution in [2.75, 3.05) is 38.2 Å². The molecule has 0 aliphatic carbocycles. The zero-order valence-electron chi connectivity index (χ0n) is 15.7. The van der Waals surface area contributed by atoms with Crippen LogP contribution in [0.3, 0.4) is 0 Å². The van der Waals surface area contributed by atoms with Crippen molar-refractivity contribution in [2.24, 2.45) is 0 Å². The lowest BCUT2D eigenvalue weighted by atomic mass is 10.1. The number of amides is 1. The highest BCUT2D eigenvalue weighted by Gasteiger charge is 2.27. The molecule has 1 amide bonds. The van der Waals surface area contributed by atoms with Crippen molar-refractivity contribution in [3.05, 3.63) is 29.6 Å². The van der Waals surface area contributed by atoms with Gasteiger partial charge >= 0.3 is 6.09 Å². The van der Waals surface area contributed by atoms with E-state index in [4.69, 9.17) is 14.5 Å². The Morgan fingerprint density at radius 3 is 2.50 bits per heavy atom. The van der Waals surface area contributed by atoms with E-state index in [2.05, 4.69) is 4.90 Å². The van der Waals surface area contributed by atoms with Crippen LogP contribution in [0.5, 0.6) is 5.75 Å². The van der Waals surface area contributed by atoms with E-state index in [1.54, 1.807) is 23.3 Å². The first-order chi connectivity index (χ1) is 12.4. The predicted molar refractivity (Wildman–Crippen MR) is 104 cm³/mol. The van der Waals surface area contributed by atoms with Gasteiger partial charge < -0.3 is 19.3 Å². The minimum atomic E-state index is -0.465. The van der Waals surface area contributed by atoms with Gasteiger partial charge in [-0.2, -0.15) is 0 Å². The van der Waals surface area contributed by atoms with Crippen LogP contribution in [0.25, 0.3) is 11.3 Å². The largest absolute Gasteiger partial charge is 0.496 e. The molecule has 1 aliphatic heterocycles. The Morgan fingerprint density at radius 1 is 1.15 bits per heavy atom. The number of carbonyl (C=O) groups excluding carboxylic acids is 1. The molecule has 7 heteroatoms. The Bertz CT molecular complexity index is 761. The Kier molecular flexibility index (Phi) is 5.36. The average molecular weight is 375 g/mol. The van der Waals surface area contributed by atoms with Crippen LogP contribution in [0, 0.1) is 0 Å². The van der Waals surface area contributed by atoms with Crippen molar-refractivity contribution < 1.29 is 14.3 Å². The van der Waals surface area contributed by atoms with Gasteiger partial charge in [0.25, 0.3) is 0 Å². The van der Waals surface area contributed by atoms with Gasteiger partial charge in [0, 0.05) is 37.1 Å². The fraction of sp³-hybridized carbons (Fsp3) is 0.474. The number of para-hydroxylation sites is 1. The maximum atomic E-state index is 12.2. The summed E-state index contributed by atoms with van der Waals surface area (Å²) in [5, 5.41) is 3.02. The number of nitrogens with zero attached hydrogens (tertiary/aromatic N) is 3. The highest BCUT2D eigenvalue weighted by atomic mass is 32.1. The summed E-state index contributed by atoms with van der Waals surface area (Å²) < 4.78 is 10.9. The smallest absolute Gasteiger partial charge is 0.410 e. The lowest BCUT2D eigenvalue weighted by Gasteiger charge is -2.35. The number of thiazole rings is 1. The minimum absolute atomic E-state index is 0.244. The van der Waals surface area contributed by atoms with E-state index in [0.29, 0.717) is 13.1 Å². The van der Waals surface area contributed by atoms with E-state index in [9.17, 15) is 4.79 Å². The van der Waals surface area contributed by atoms with Crippen LogP contribution in [0.15, 0.2) is 29.6 Å². The highest BCUT2D eigenvalue weighted by molar-refractivity contribution is 7.14. The predicted octanol–water partition coefficient (Wildman–Crippen LogP) is 3.88. The van der Waals surface area contributed by atoms with Gasteiger partial charge in [0.05, 0.1) is 12.8 Å². The van der Waals surface area contributed by atoms with Gasteiger partial charge in [0.2, 0.25) is 0 Å². The van der Waals surface area contributed by atoms with Crippen LogP contribution in [-0.4, -0.2) is 54.9 Å². The zero-order valence-corrected chi connectivity index (χ0v) is 16.5. The van der Waals surface area contributed by atoms with E-state index < -0.39 is 5.60 Å². The normalized spacial score (nSPS) is 15.1. The molecular formula is C19H25N3O3S. The molecule has 0 bridgehead atoms. The van der Waals surface area contributed by atoms with Crippen molar-refractivity contribution in [3.63, 3.8) is 0 Å². The van der Waals surface area contributed by atoms with E-state index in [1.807, 2.05) is 50.4 Å². The third-order valence-corrected chi connectivity index (χ3v) is 4.98. The summed E-state index contributed by atoms with van der Waals surface area (Å²) in [7, 11) is 1.67. The van der Waals surface area contributed by atoms with Crippen molar-refractivity contribution in [1.29, 1.82) is 0 Å². The minimum Gasteiger partial charge on any atom is -0.496 e. The van der Waals surface area contributed by atoms with E-state index in [0.717, 1.165) is 35.2 Å². The van der Waals surface area contributed by atoms with Crippen LogP contribution in [0.2, 0.25) is 0 Å². The monoisotopic (exact) mass is 375 g/mol. The number of ether oxygens (including phenoxy) is 2. The first-order valence-electron chi connectivity index (χ1n) is 8.69. The number of methoxy groups -OCH3 is 1. The lowest BCUT2D eigenvalue weighted by molar-refractivity contribution is 0.0240. The highest BCUT2D eigenvalue weighted by Crippen LogP contribution is 2.33. The topological polar surface area (TPSA) is 54.9 Å². The molecule has 26 heavy (non-hydrogen) atoms. The standard InChI is InChI=1S/C19H25N3O3S/c1-19(2,3)25-18(23)22-11-9-21(10-12-22)17-20-15(13-26-17)14-7-5-6-8-16(14)24-4/h5-8,13H,9-12H2,1-4H3. The number of anilines is 1. The summed E-state index contributed by atoms with van der Waals surface area (Å²) in [4.78, 5) is 20.9. The quantitative estimate of drug-likeness (QED) is 0.815.